The number of imidazole rings is 1. The van der Waals surface area contributed by atoms with E-state index in [4.69, 9.17) is 4.98 Å². The van der Waals surface area contributed by atoms with E-state index in [1.807, 2.05) is 0 Å². The molecule has 4 heteroatoms. The highest BCUT2D eigenvalue weighted by molar-refractivity contribution is 5.75. The van der Waals surface area contributed by atoms with Crippen molar-refractivity contribution in [3.63, 3.8) is 0 Å². The van der Waals surface area contributed by atoms with E-state index >= 15 is 0 Å². The van der Waals surface area contributed by atoms with Gasteiger partial charge >= 0.3 is 0 Å². The minimum Gasteiger partial charge on any atom is -0.331 e. The van der Waals surface area contributed by atoms with E-state index in [-0.39, 0.29) is 0 Å². The minimum atomic E-state index is 0.567. The molecule has 1 aromatic heterocycles. The molecule has 0 aliphatic carbocycles. The van der Waals surface area contributed by atoms with Gasteiger partial charge in [0.15, 0.2) is 0 Å². The first-order valence-corrected chi connectivity index (χ1v) is 9.09. The number of piperidine rings is 1. The maximum Gasteiger partial charge on any atom is 0.114 e. The van der Waals surface area contributed by atoms with Crippen LogP contribution in [0.2, 0.25) is 0 Å². The normalized spacial score (nSPS) is 19.7. The van der Waals surface area contributed by atoms with Gasteiger partial charge in [0.25, 0.3) is 0 Å². The van der Waals surface area contributed by atoms with Gasteiger partial charge in [-0.05, 0) is 44.6 Å². The van der Waals surface area contributed by atoms with Gasteiger partial charge in [0.2, 0.25) is 0 Å². The first-order valence-electron chi connectivity index (χ1n) is 9.09. The van der Waals surface area contributed by atoms with Crippen LogP contribution in [0, 0.1) is 0 Å². The summed E-state index contributed by atoms with van der Waals surface area (Å²) < 4.78 is 2.30. The van der Waals surface area contributed by atoms with Crippen molar-refractivity contribution in [2.45, 2.75) is 32.6 Å². The van der Waals surface area contributed by atoms with Crippen LogP contribution in [0.1, 0.15) is 38.4 Å². The average molecular weight is 314 g/mol. The van der Waals surface area contributed by atoms with E-state index in [1.165, 1.54) is 43.8 Å². The van der Waals surface area contributed by atoms with E-state index < -0.39 is 0 Å². The molecule has 2 heterocycles. The van der Waals surface area contributed by atoms with Crippen molar-refractivity contribution in [1.82, 2.24) is 19.4 Å². The Kier molecular flexibility index (Phi) is 5.34. The second-order valence-corrected chi connectivity index (χ2v) is 6.68. The Labute approximate surface area is 140 Å². The van der Waals surface area contributed by atoms with Gasteiger partial charge in [0.1, 0.15) is 5.82 Å². The van der Waals surface area contributed by atoms with E-state index in [9.17, 15) is 0 Å². The summed E-state index contributed by atoms with van der Waals surface area (Å²) >= 11 is 0. The lowest BCUT2D eigenvalue weighted by molar-refractivity contribution is 0.172. The van der Waals surface area contributed by atoms with Gasteiger partial charge in [-0.3, -0.25) is 0 Å². The molecule has 1 aliphatic rings. The molecule has 126 valence electrons. The van der Waals surface area contributed by atoms with Crippen LogP contribution in [0.4, 0.5) is 0 Å². The van der Waals surface area contributed by atoms with Crippen molar-refractivity contribution in [1.29, 1.82) is 0 Å². The summed E-state index contributed by atoms with van der Waals surface area (Å²) in [5.41, 5.74) is 2.38. The third-order valence-corrected chi connectivity index (χ3v) is 5.32. The summed E-state index contributed by atoms with van der Waals surface area (Å²) in [4.78, 5) is 10.1. The van der Waals surface area contributed by atoms with Crippen LogP contribution in [-0.2, 0) is 7.05 Å². The Hall–Kier alpha value is -1.39. The number of nitrogens with zero attached hydrogens (tertiary/aromatic N) is 4. The lowest BCUT2D eigenvalue weighted by Crippen LogP contribution is -2.40. The third-order valence-electron chi connectivity index (χ3n) is 5.32. The van der Waals surface area contributed by atoms with E-state index in [2.05, 4.69) is 59.5 Å². The predicted octanol–water partition coefficient (Wildman–Crippen LogP) is 3.09. The number of likely N-dealkylation sites (N-methyl/N-ethyl adjacent to an activating group) is 1. The van der Waals surface area contributed by atoms with Crippen molar-refractivity contribution in [2.24, 2.45) is 7.05 Å². The molecule has 0 bridgehead atoms. The predicted molar refractivity (Wildman–Crippen MR) is 96.9 cm³/mol. The summed E-state index contributed by atoms with van der Waals surface area (Å²) in [7, 11) is 2.17. The SMILES string of the molecule is CCN(CC)CCN1CCCC(c2nc3ccccc3n2C)C1. The van der Waals surface area contributed by atoms with Gasteiger partial charge in [-0.1, -0.05) is 26.0 Å². The smallest absolute Gasteiger partial charge is 0.114 e. The summed E-state index contributed by atoms with van der Waals surface area (Å²) in [6, 6.07) is 8.48. The summed E-state index contributed by atoms with van der Waals surface area (Å²) in [6.07, 6.45) is 2.55. The van der Waals surface area contributed by atoms with E-state index in [1.54, 1.807) is 0 Å². The van der Waals surface area contributed by atoms with Gasteiger partial charge in [0.05, 0.1) is 11.0 Å². The summed E-state index contributed by atoms with van der Waals surface area (Å²) in [5.74, 6) is 1.83. The Bertz CT molecular complexity index is 629. The maximum absolute atomic E-state index is 4.92. The molecule has 0 saturated carbocycles. The zero-order chi connectivity index (χ0) is 16.2. The quantitative estimate of drug-likeness (QED) is 0.819. The Morgan fingerprint density at radius 3 is 2.74 bits per heavy atom. The van der Waals surface area contributed by atoms with Crippen LogP contribution in [0.5, 0.6) is 0 Å². The molecule has 0 N–H and O–H groups in total. The van der Waals surface area contributed by atoms with Gasteiger partial charge in [-0.2, -0.15) is 0 Å². The number of hydrogen-bond acceptors (Lipinski definition) is 3. The fourth-order valence-electron chi connectivity index (χ4n) is 3.82. The molecule has 1 atom stereocenters. The van der Waals surface area contributed by atoms with Crippen molar-refractivity contribution < 1.29 is 0 Å². The summed E-state index contributed by atoms with van der Waals surface area (Å²) in [5, 5.41) is 0. The van der Waals surface area contributed by atoms with Crippen LogP contribution < -0.4 is 0 Å². The van der Waals surface area contributed by atoms with E-state index in [0.717, 1.165) is 25.2 Å². The fraction of sp³-hybridized carbons (Fsp3) is 0.632. The third kappa shape index (κ3) is 3.59. The molecule has 1 unspecified atom stereocenters. The number of rotatable bonds is 6. The first kappa shape index (κ1) is 16.5. The number of fused-ring (bicyclic) bond motifs is 1. The number of likely N-dealkylation sites (tertiary alicyclic amines) is 1. The molecular weight excluding hydrogens is 284 g/mol. The largest absolute Gasteiger partial charge is 0.331 e. The number of aromatic nitrogens is 2. The maximum atomic E-state index is 4.92. The number of benzene rings is 1. The van der Waals surface area contributed by atoms with Crippen LogP contribution in [-0.4, -0.2) is 58.6 Å². The van der Waals surface area contributed by atoms with Crippen molar-refractivity contribution in [3.05, 3.63) is 30.1 Å². The highest BCUT2D eigenvalue weighted by atomic mass is 15.2. The molecule has 1 saturated heterocycles. The highest BCUT2D eigenvalue weighted by Crippen LogP contribution is 2.28. The van der Waals surface area contributed by atoms with Crippen molar-refractivity contribution in [2.75, 3.05) is 39.3 Å². The second-order valence-electron chi connectivity index (χ2n) is 6.68. The zero-order valence-corrected chi connectivity index (χ0v) is 14.8. The van der Waals surface area contributed by atoms with E-state index in [0.29, 0.717) is 5.92 Å². The molecule has 1 fully saturated rings. The van der Waals surface area contributed by atoms with Crippen LogP contribution in [0.3, 0.4) is 0 Å². The Morgan fingerprint density at radius 2 is 2.00 bits per heavy atom. The molecule has 2 aromatic rings. The topological polar surface area (TPSA) is 24.3 Å². The fourth-order valence-corrected chi connectivity index (χ4v) is 3.82. The van der Waals surface area contributed by atoms with Gasteiger partial charge in [-0.25, -0.2) is 4.98 Å². The highest BCUT2D eigenvalue weighted by Gasteiger charge is 2.25. The van der Waals surface area contributed by atoms with Gasteiger partial charge in [0, 0.05) is 32.6 Å². The van der Waals surface area contributed by atoms with Gasteiger partial charge in [-0.15, -0.1) is 0 Å². The Morgan fingerprint density at radius 1 is 1.22 bits per heavy atom. The molecule has 1 aromatic carbocycles. The van der Waals surface area contributed by atoms with Crippen molar-refractivity contribution >= 4 is 11.0 Å². The number of hydrogen-bond donors (Lipinski definition) is 0. The van der Waals surface area contributed by atoms with Crippen LogP contribution in [0.25, 0.3) is 11.0 Å². The molecular formula is C19H30N4. The zero-order valence-electron chi connectivity index (χ0n) is 14.8. The first-order chi connectivity index (χ1) is 11.2. The molecule has 3 rings (SSSR count). The minimum absolute atomic E-state index is 0.567. The second kappa shape index (κ2) is 7.45. The molecule has 0 amide bonds. The van der Waals surface area contributed by atoms with Crippen LogP contribution >= 0.6 is 0 Å². The van der Waals surface area contributed by atoms with Gasteiger partial charge < -0.3 is 14.4 Å². The molecule has 23 heavy (non-hydrogen) atoms. The standard InChI is InChI=1S/C19H30N4/c1-4-22(5-2)13-14-23-12-8-9-16(15-23)19-20-17-10-6-7-11-18(17)21(19)3/h6-7,10-11,16H,4-5,8-9,12-15H2,1-3H3. The van der Waals surface area contributed by atoms with Crippen LogP contribution in [0.15, 0.2) is 24.3 Å². The number of aryl methyl sites for hydroxylation is 1. The molecule has 0 radical (unpaired) electrons. The molecule has 1 aliphatic heterocycles. The monoisotopic (exact) mass is 314 g/mol. The molecule has 0 spiro atoms. The number of para-hydroxylation sites is 2. The lowest BCUT2D eigenvalue weighted by atomic mass is 9.97. The average Bonchev–Trinajstić information content (AvgIpc) is 2.93. The summed E-state index contributed by atoms with van der Waals surface area (Å²) in [6.45, 7) is 11.6. The Balaban J connectivity index is 1.69. The van der Waals surface area contributed by atoms with Crippen molar-refractivity contribution in [3.8, 4) is 0 Å². The lowest BCUT2D eigenvalue weighted by Gasteiger charge is -2.33. The molecule has 4 nitrogen and oxygen atoms in total.